The zero-order chi connectivity index (χ0) is 20.5. The molecule has 1 N–H and O–H groups in total. The lowest BCUT2D eigenvalue weighted by Gasteiger charge is -2.28. The van der Waals surface area contributed by atoms with Gasteiger partial charge in [0.15, 0.2) is 6.61 Å². The Morgan fingerprint density at radius 1 is 1.11 bits per heavy atom. The van der Waals surface area contributed by atoms with Gasteiger partial charge in [0, 0.05) is 18.1 Å². The number of ether oxygens (including phenoxy) is 1. The maximum Gasteiger partial charge on any atom is 0.261 e. The highest BCUT2D eigenvalue weighted by Crippen LogP contribution is 2.23. The smallest absolute Gasteiger partial charge is 0.261 e. The number of nitrogens with zero attached hydrogens (tertiary/aromatic N) is 1. The summed E-state index contributed by atoms with van der Waals surface area (Å²) in [5.74, 6) is -0.0945. The molecule has 5 nitrogen and oxygen atoms in total. The van der Waals surface area contributed by atoms with E-state index in [-0.39, 0.29) is 25.0 Å². The SMILES string of the molecule is CCCNC(=O)C(C)N(Cc1ccc(Cl)cc1)C(=O)COc1ccccc1Cl. The monoisotopic (exact) mass is 422 g/mol. The van der Waals surface area contributed by atoms with Crippen molar-refractivity contribution in [3.63, 3.8) is 0 Å². The van der Waals surface area contributed by atoms with Crippen LogP contribution in [0.3, 0.4) is 0 Å². The molecule has 0 aliphatic heterocycles. The summed E-state index contributed by atoms with van der Waals surface area (Å²) in [6, 6.07) is 13.4. The summed E-state index contributed by atoms with van der Waals surface area (Å²) in [5.41, 5.74) is 0.866. The molecule has 0 aliphatic carbocycles. The number of benzene rings is 2. The van der Waals surface area contributed by atoms with Gasteiger partial charge in [0.1, 0.15) is 11.8 Å². The Balaban J connectivity index is 2.13. The molecule has 2 aromatic rings. The molecule has 2 aromatic carbocycles. The van der Waals surface area contributed by atoms with Crippen molar-refractivity contribution in [2.75, 3.05) is 13.2 Å². The third kappa shape index (κ3) is 6.43. The number of hydrogen-bond donors (Lipinski definition) is 1. The van der Waals surface area contributed by atoms with Crippen molar-refractivity contribution in [3.05, 3.63) is 64.1 Å². The molecule has 0 fully saturated rings. The van der Waals surface area contributed by atoms with Crippen LogP contribution < -0.4 is 10.1 Å². The van der Waals surface area contributed by atoms with Gasteiger partial charge in [-0.3, -0.25) is 9.59 Å². The zero-order valence-electron chi connectivity index (χ0n) is 16.0. The van der Waals surface area contributed by atoms with Crippen LogP contribution in [-0.4, -0.2) is 35.9 Å². The van der Waals surface area contributed by atoms with Gasteiger partial charge in [-0.2, -0.15) is 0 Å². The van der Waals surface area contributed by atoms with Crippen molar-refractivity contribution in [1.29, 1.82) is 0 Å². The van der Waals surface area contributed by atoms with E-state index in [0.717, 1.165) is 12.0 Å². The van der Waals surface area contributed by atoms with Gasteiger partial charge in [0.25, 0.3) is 5.91 Å². The van der Waals surface area contributed by atoms with E-state index in [0.29, 0.717) is 22.3 Å². The van der Waals surface area contributed by atoms with Crippen LogP contribution in [0, 0.1) is 0 Å². The highest BCUT2D eigenvalue weighted by atomic mass is 35.5. The van der Waals surface area contributed by atoms with Crippen molar-refractivity contribution in [2.24, 2.45) is 0 Å². The number of nitrogens with one attached hydrogen (secondary N) is 1. The van der Waals surface area contributed by atoms with Crippen molar-refractivity contribution in [3.8, 4) is 5.75 Å². The Bertz CT molecular complexity index is 796. The first-order valence-corrected chi connectivity index (χ1v) is 9.87. The quantitative estimate of drug-likeness (QED) is 0.654. The second kappa shape index (κ2) is 10.9. The van der Waals surface area contributed by atoms with Crippen molar-refractivity contribution >= 4 is 35.0 Å². The molecule has 0 radical (unpaired) electrons. The van der Waals surface area contributed by atoms with Crippen LogP contribution in [0.5, 0.6) is 5.75 Å². The molecule has 150 valence electrons. The minimum atomic E-state index is -0.649. The van der Waals surface area contributed by atoms with Crippen LogP contribution in [0.2, 0.25) is 10.0 Å². The number of para-hydroxylation sites is 1. The molecule has 7 heteroatoms. The summed E-state index contributed by atoms with van der Waals surface area (Å²) < 4.78 is 5.57. The molecular formula is C21H24Cl2N2O3. The number of hydrogen-bond acceptors (Lipinski definition) is 3. The first kappa shape index (κ1) is 22.1. The van der Waals surface area contributed by atoms with E-state index in [1.54, 1.807) is 43.3 Å². The second-order valence-corrected chi connectivity index (χ2v) is 7.18. The molecule has 0 saturated heterocycles. The number of rotatable bonds is 9. The first-order chi connectivity index (χ1) is 13.4. The Morgan fingerprint density at radius 3 is 2.43 bits per heavy atom. The fourth-order valence-electron chi connectivity index (χ4n) is 2.55. The largest absolute Gasteiger partial charge is 0.482 e. The van der Waals surface area contributed by atoms with Crippen LogP contribution in [0.25, 0.3) is 0 Å². The molecule has 1 atom stereocenters. The Kier molecular flexibility index (Phi) is 8.61. The molecule has 0 aromatic heterocycles. The van der Waals surface area contributed by atoms with Crippen LogP contribution in [0.15, 0.2) is 48.5 Å². The lowest BCUT2D eigenvalue weighted by molar-refractivity contribution is -0.142. The maximum atomic E-state index is 12.9. The number of carbonyl (C=O) groups excluding carboxylic acids is 2. The molecule has 2 rings (SSSR count). The standard InChI is InChI=1S/C21H24Cl2N2O3/c1-3-12-24-21(27)15(2)25(13-16-8-10-17(22)11-9-16)20(26)14-28-19-7-5-4-6-18(19)23/h4-11,15H,3,12-14H2,1-2H3,(H,24,27). The Hall–Kier alpha value is -2.24. The highest BCUT2D eigenvalue weighted by molar-refractivity contribution is 6.32. The van der Waals surface area contributed by atoms with E-state index >= 15 is 0 Å². The minimum Gasteiger partial charge on any atom is -0.482 e. The van der Waals surface area contributed by atoms with Gasteiger partial charge in [0.05, 0.1) is 5.02 Å². The highest BCUT2D eigenvalue weighted by Gasteiger charge is 2.26. The number of carbonyl (C=O) groups is 2. The average Bonchev–Trinajstić information content (AvgIpc) is 2.70. The fraction of sp³-hybridized carbons (Fsp3) is 0.333. The third-order valence-electron chi connectivity index (χ3n) is 4.17. The van der Waals surface area contributed by atoms with Crippen molar-refractivity contribution < 1.29 is 14.3 Å². The normalized spacial score (nSPS) is 11.6. The molecule has 0 spiro atoms. The molecule has 0 saturated carbocycles. The van der Waals surface area contributed by atoms with Crippen molar-refractivity contribution in [2.45, 2.75) is 32.9 Å². The molecule has 0 bridgehead atoms. The van der Waals surface area contributed by atoms with E-state index in [1.165, 1.54) is 4.90 Å². The molecule has 1 unspecified atom stereocenters. The van der Waals surface area contributed by atoms with Gasteiger partial charge in [-0.25, -0.2) is 0 Å². The van der Waals surface area contributed by atoms with E-state index < -0.39 is 6.04 Å². The number of halogens is 2. The van der Waals surface area contributed by atoms with Crippen LogP contribution in [0.1, 0.15) is 25.8 Å². The predicted octanol–water partition coefficient (Wildman–Crippen LogP) is 4.32. The molecule has 2 amide bonds. The summed E-state index contributed by atoms with van der Waals surface area (Å²) in [4.78, 5) is 26.8. The van der Waals surface area contributed by atoms with Crippen LogP contribution in [-0.2, 0) is 16.1 Å². The van der Waals surface area contributed by atoms with Gasteiger partial charge in [-0.1, -0.05) is 54.4 Å². The van der Waals surface area contributed by atoms with Crippen LogP contribution >= 0.6 is 23.2 Å². The summed E-state index contributed by atoms with van der Waals surface area (Å²) in [6.45, 7) is 4.28. The summed E-state index contributed by atoms with van der Waals surface area (Å²) in [7, 11) is 0. The third-order valence-corrected chi connectivity index (χ3v) is 4.73. The fourth-order valence-corrected chi connectivity index (χ4v) is 2.87. The van der Waals surface area contributed by atoms with Crippen molar-refractivity contribution in [1.82, 2.24) is 10.2 Å². The number of amides is 2. The molecule has 28 heavy (non-hydrogen) atoms. The summed E-state index contributed by atoms with van der Waals surface area (Å²) in [6.07, 6.45) is 0.819. The molecular weight excluding hydrogens is 399 g/mol. The van der Waals surface area contributed by atoms with Gasteiger partial charge in [0.2, 0.25) is 5.91 Å². The Labute approximate surface area is 175 Å². The lowest BCUT2D eigenvalue weighted by Crippen LogP contribution is -2.49. The lowest BCUT2D eigenvalue weighted by atomic mass is 10.1. The second-order valence-electron chi connectivity index (χ2n) is 6.33. The van der Waals surface area contributed by atoms with Crippen LogP contribution in [0.4, 0.5) is 0 Å². The van der Waals surface area contributed by atoms with E-state index in [2.05, 4.69) is 5.32 Å². The van der Waals surface area contributed by atoms with Gasteiger partial charge in [-0.05, 0) is 43.2 Å². The predicted molar refractivity (Wildman–Crippen MR) is 112 cm³/mol. The van der Waals surface area contributed by atoms with Gasteiger partial charge in [-0.15, -0.1) is 0 Å². The minimum absolute atomic E-state index is 0.207. The Morgan fingerprint density at radius 2 is 1.79 bits per heavy atom. The summed E-state index contributed by atoms with van der Waals surface area (Å²) in [5, 5.41) is 3.86. The maximum absolute atomic E-state index is 12.9. The average molecular weight is 423 g/mol. The van der Waals surface area contributed by atoms with Gasteiger partial charge < -0.3 is 15.0 Å². The topological polar surface area (TPSA) is 58.6 Å². The zero-order valence-corrected chi connectivity index (χ0v) is 17.5. The molecule has 0 heterocycles. The van der Waals surface area contributed by atoms with Gasteiger partial charge >= 0.3 is 0 Å². The summed E-state index contributed by atoms with van der Waals surface area (Å²) >= 11 is 12.0. The molecule has 0 aliphatic rings. The first-order valence-electron chi connectivity index (χ1n) is 9.11. The van der Waals surface area contributed by atoms with E-state index in [1.807, 2.05) is 19.1 Å². The van der Waals surface area contributed by atoms with E-state index in [9.17, 15) is 9.59 Å². The van der Waals surface area contributed by atoms with E-state index in [4.69, 9.17) is 27.9 Å².